The van der Waals surface area contributed by atoms with E-state index in [9.17, 15) is 0 Å². The predicted octanol–water partition coefficient (Wildman–Crippen LogP) is -0.505. The molecule has 0 saturated carbocycles. The van der Waals surface area contributed by atoms with Gasteiger partial charge in [-0.05, 0) is 37.9 Å². The van der Waals surface area contributed by atoms with Gasteiger partial charge in [0.25, 0.3) is 0 Å². The predicted molar refractivity (Wildman–Crippen MR) is 69.6 cm³/mol. The third-order valence-electron chi connectivity index (χ3n) is 0.915. The molecule has 0 aliphatic heterocycles. The molecule has 0 amide bonds. The Labute approximate surface area is 112 Å². The van der Waals surface area contributed by atoms with E-state index in [0.717, 1.165) is 19.4 Å². The normalized spacial score (nSPS) is 6.22. The van der Waals surface area contributed by atoms with Crippen molar-refractivity contribution in [3.05, 3.63) is 0 Å². The summed E-state index contributed by atoms with van der Waals surface area (Å²) in [6.45, 7) is 1.65. The molecule has 0 unspecified atom stereocenters. The molecule has 0 aromatic heterocycles. The molecular formula is C10H24N2O5S. The van der Waals surface area contributed by atoms with Crippen molar-refractivity contribution in [3.63, 3.8) is 0 Å². The molecule has 0 saturated heterocycles. The number of hydrogen-bond acceptors (Lipinski definition) is 8. The quantitative estimate of drug-likeness (QED) is 0.573. The lowest BCUT2D eigenvalue weighted by molar-refractivity contribution is -0.193. The van der Waals surface area contributed by atoms with E-state index in [0.29, 0.717) is 6.54 Å². The molecule has 0 bridgehead atoms. The summed E-state index contributed by atoms with van der Waals surface area (Å²) in [5.41, 5.74) is 10.2. The first kappa shape index (κ1) is 30.2. The topological polar surface area (TPSA) is 141 Å². The maximum absolute atomic E-state index is 8.12. The fraction of sp³-hybridized carbons (Fsp3) is 0.800. The Balaban J connectivity index is -0.0000000429. The van der Waals surface area contributed by atoms with Crippen molar-refractivity contribution in [2.75, 3.05) is 31.7 Å². The lowest BCUT2D eigenvalue weighted by Gasteiger charge is -1.86. The summed E-state index contributed by atoms with van der Waals surface area (Å²) in [7, 11) is 0. The highest BCUT2D eigenvalue weighted by Crippen LogP contribution is 1.91. The first-order valence-corrected chi connectivity index (χ1v) is 6.04. The summed E-state index contributed by atoms with van der Waals surface area (Å²) in [6, 6.07) is 0. The molecule has 0 fully saturated rings. The van der Waals surface area contributed by atoms with Gasteiger partial charge in [0.05, 0.1) is 0 Å². The van der Waals surface area contributed by atoms with Crippen molar-refractivity contribution in [1.82, 2.24) is 0 Å². The minimum Gasteiger partial charge on any atom is -0.396 e. The number of aliphatic hydroxyl groups excluding tert-OH is 1. The van der Waals surface area contributed by atoms with Crippen LogP contribution in [0.1, 0.15) is 20.3 Å². The van der Waals surface area contributed by atoms with E-state index in [2.05, 4.69) is 6.26 Å². The van der Waals surface area contributed by atoms with E-state index in [1.54, 1.807) is 0 Å². The summed E-state index contributed by atoms with van der Waals surface area (Å²) < 4.78 is 0. The third-order valence-corrected chi connectivity index (χ3v) is 1.61. The molecule has 18 heavy (non-hydrogen) atoms. The van der Waals surface area contributed by atoms with Crippen molar-refractivity contribution in [2.45, 2.75) is 20.3 Å². The molecule has 0 rings (SSSR count). The summed E-state index contributed by atoms with van der Waals surface area (Å²) >= 11 is 1.85. The van der Waals surface area contributed by atoms with Crippen LogP contribution >= 0.6 is 11.8 Å². The van der Waals surface area contributed by atoms with E-state index in [1.165, 1.54) is 5.75 Å². The van der Waals surface area contributed by atoms with Crippen molar-refractivity contribution < 1.29 is 24.3 Å². The van der Waals surface area contributed by atoms with Gasteiger partial charge in [-0.3, -0.25) is 0 Å². The first-order chi connectivity index (χ1) is 8.16. The molecule has 0 radical (unpaired) electrons. The first-order valence-electron chi connectivity index (χ1n) is 4.65. The van der Waals surface area contributed by atoms with Gasteiger partial charge in [0.1, 0.15) is 0 Å². The summed E-state index contributed by atoms with van der Waals surface area (Å²) in [6.07, 6.45) is 4.47. The number of aliphatic hydroxyl groups is 1. The maximum Gasteiger partial charge on any atom is 0.373 e. The molecule has 110 valence electrons. The molecule has 0 aliphatic rings. The van der Waals surface area contributed by atoms with Crippen LogP contribution in [0.4, 0.5) is 0 Å². The highest BCUT2D eigenvalue weighted by atomic mass is 32.2. The van der Waals surface area contributed by atoms with Gasteiger partial charge in [-0.1, -0.05) is 7.43 Å². The summed E-state index contributed by atoms with van der Waals surface area (Å²) in [5.74, 6) is 1.20. The third kappa shape index (κ3) is 184. The average Bonchev–Trinajstić information content (AvgIpc) is 2.30. The van der Waals surface area contributed by atoms with Crippen molar-refractivity contribution >= 4 is 24.1 Å². The average molecular weight is 284 g/mol. The lowest BCUT2D eigenvalue weighted by atomic mass is 10.5. The Morgan fingerprint density at radius 1 is 1.00 bits per heavy atom. The van der Waals surface area contributed by atoms with E-state index >= 15 is 0 Å². The molecule has 7 nitrogen and oxygen atoms in total. The molecule has 0 heterocycles. The number of carbonyl (C=O) groups excluding carboxylic acids is 4. The van der Waals surface area contributed by atoms with Crippen LogP contribution in [0.25, 0.3) is 0 Å². The van der Waals surface area contributed by atoms with Crippen molar-refractivity contribution in [2.24, 2.45) is 11.5 Å². The second-order valence-electron chi connectivity index (χ2n) is 2.17. The van der Waals surface area contributed by atoms with Gasteiger partial charge < -0.3 is 16.6 Å². The largest absolute Gasteiger partial charge is 0.396 e. The van der Waals surface area contributed by atoms with E-state index in [1.807, 2.05) is 11.8 Å². The van der Waals surface area contributed by atoms with Crippen LogP contribution in [-0.4, -0.2) is 49.1 Å². The Morgan fingerprint density at radius 3 is 1.39 bits per heavy atom. The molecule has 5 N–H and O–H groups in total. The van der Waals surface area contributed by atoms with Gasteiger partial charge in [0, 0.05) is 6.61 Å². The Morgan fingerprint density at radius 2 is 1.33 bits per heavy atom. The highest BCUT2D eigenvalue weighted by molar-refractivity contribution is 7.98. The van der Waals surface area contributed by atoms with Crippen molar-refractivity contribution in [1.29, 1.82) is 0 Å². The van der Waals surface area contributed by atoms with Crippen LogP contribution in [0.2, 0.25) is 0 Å². The lowest BCUT2D eigenvalue weighted by Crippen LogP contribution is -1.99. The van der Waals surface area contributed by atoms with Crippen LogP contribution in [0, 0.1) is 0 Å². The van der Waals surface area contributed by atoms with Gasteiger partial charge in [-0.15, -0.1) is 0 Å². The van der Waals surface area contributed by atoms with Crippen LogP contribution in [-0.2, 0) is 19.2 Å². The molecule has 0 aliphatic carbocycles. The number of rotatable bonds is 5. The number of nitrogens with two attached hydrogens (primary N) is 2. The van der Waals surface area contributed by atoms with Crippen LogP contribution in [0.3, 0.4) is 0 Å². The van der Waals surface area contributed by atoms with Crippen LogP contribution < -0.4 is 11.5 Å². The summed E-state index contributed by atoms with van der Waals surface area (Å²) in [5, 5.41) is 7.99. The van der Waals surface area contributed by atoms with E-state index in [-0.39, 0.29) is 26.3 Å². The second kappa shape index (κ2) is 56.3. The Bertz CT molecular complexity index is 152. The summed E-state index contributed by atoms with van der Waals surface area (Å²) in [4.78, 5) is 32.5. The zero-order chi connectivity index (χ0) is 14.4. The minimum atomic E-state index is 0. The molecule has 0 aromatic carbocycles. The SMILES string of the molecule is C.CSCCCN.NCCCO.O=C=O.O=C=O. The van der Waals surface area contributed by atoms with Gasteiger partial charge in [0.2, 0.25) is 0 Å². The van der Waals surface area contributed by atoms with Crippen molar-refractivity contribution in [3.8, 4) is 0 Å². The second-order valence-corrected chi connectivity index (χ2v) is 3.15. The smallest absolute Gasteiger partial charge is 0.373 e. The fourth-order valence-electron chi connectivity index (χ4n) is 0.319. The zero-order valence-corrected chi connectivity index (χ0v) is 10.7. The molecule has 0 aromatic rings. The van der Waals surface area contributed by atoms with Gasteiger partial charge >= 0.3 is 12.3 Å². The zero-order valence-electron chi connectivity index (χ0n) is 9.89. The van der Waals surface area contributed by atoms with E-state index < -0.39 is 0 Å². The van der Waals surface area contributed by atoms with Crippen LogP contribution in [0.5, 0.6) is 0 Å². The van der Waals surface area contributed by atoms with Gasteiger partial charge in [-0.2, -0.15) is 30.9 Å². The fourth-order valence-corrected chi connectivity index (χ4v) is 0.774. The maximum atomic E-state index is 8.12. The monoisotopic (exact) mass is 284 g/mol. The molecular weight excluding hydrogens is 260 g/mol. The molecule has 8 heteroatoms. The van der Waals surface area contributed by atoms with Gasteiger partial charge in [-0.25, -0.2) is 0 Å². The molecule has 0 atom stereocenters. The highest BCUT2D eigenvalue weighted by Gasteiger charge is 1.75. The Hall–Kier alpha value is -1.01. The van der Waals surface area contributed by atoms with E-state index in [4.69, 9.17) is 35.8 Å². The minimum absolute atomic E-state index is 0. The standard InChI is InChI=1S/C4H11NS.C3H9NO.2CO2.CH4/c1-6-4-2-3-5;4-2-1-3-5;2*2-1-3;/h2-5H2,1H3;5H,1-4H2;;;1H4. The molecule has 0 spiro atoms. The number of thioether (sulfide) groups is 1. The Kier molecular flexibility index (Phi) is 94.5. The number of hydrogen-bond donors (Lipinski definition) is 3. The van der Waals surface area contributed by atoms with Gasteiger partial charge in [0.15, 0.2) is 0 Å². The van der Waals surface area contributed by atoms with Crippen LogP contribution in [0.15, 0.2) is 0 Å².